The molecular weight excluding hydrogens is 206 g/mol. The van der Waals surface area contributed by atoms with Gasteiger partial charge in [-0.05, 0) is 30.7 Å². The van der Waals surface area contributed by atoms with Crippen molar-refractivity contribution in [2.45, 2.75) is 6.92 Å². The van der Waals surface area contributed by atoms with Crippen LogP contribution in [0.4, 0.5) is 5.69 Å². The van der Waals surface area contributed by atoms with Gasteiger partial charge in [-0.15, -0.1) is 0 Å². The van der Waals surface area contributed by atoms with E-state index in [4.69, 9.17) is 19.9 Å². The maximum atomic E-state index is 5.70. The lowest BCUT2D eigenvalue weighted by molar-refractivity contribution is 0.0544. The van der Waals surface area contributed by atoms with Gasteiger partial charge in [0.15, 0.2) is 0 Å². The summed E-state index contributed by atoms with van der Waals surface area (Å²) in [6.45, 7) is 4.26. The fourth-order valence-corrected chi connectivity index (χ4v) is 1.20. The first-order valence-electron chi connectivity index (χ1n) is 5.29. The highest BCUT2D eigenvalue weighted by Crippen LogP contribution is 2.18. The molecule has 2 N–H and O–H groups in total. The van der Waals surface area contributed by atoms with Gasteiger partial charge in [-0.2, -0.15) is 0 Å². The number of benzene rings is 1. The van der Waals surface area contributed by atoms with Crippen LogP contribution >= 0.6 is 0 Å². The summed E-state index contributed by atoms with van der Waals surface area (Å²) in [6.07, 6.45) is 0. The molecule has 0 unspecified atom stereocenters. The molecule has 0 heterocycles. The maximum Gasteiger partial charge on any atom is 0.119 e. The monoisotopic (exact) mass is 225 g/mol. The van der Waals surface area contributed by atoms with Crippen LogP contribution in [0.5, 0.6) is 5.75 Å². The zero-order valence-corrected chi connectivity index (χ0v) is 9.86. The minimum atomic E-state index is 0.535. The van der Waals surface area contributed by atoms with Crippen LogP contribution in [0, 0.1) is 6.92 Å². The average molecular weight is 225 g/mol. The van der Waals surface area contributed by atoms with Crippen molar-refractivity contribution >= 4 is 5.69 Å². The van der Waals surface area contributed by atoms with E-state index in [1.165, 1.54) is 0 Å². The Morgan fingerprint density at radius 1 is 1.12 bits per heavy atom. The SMILES string of the molecule is COCCOCCOc1ccc(N)c(C)c1. The topological polar surface area (TPSA) is 53.7 Å². The van der Waals surface area contributed by atoms with Crippen molar-refractivity contribution in [1.29, 1.82) is 0 Å². The third kappa shape index (κ3) is 4.51. The molecule has 1 rings (SSSR count). The molecule has 0 aliphatic carbocycles. The number of methoxy groups -OCH3 is 1. The zero-order chi connectivity index (χ0) is 11.8. The highest BCUT2D eigenvalue weighted by Gasteiger charge is 1.97. The van der Waals surface area contributed by atoms with Gasteiger partial charge in [-0.3, -0.25) is 0 Å². The molecule has 4 heteroatoms. The number of anilines is 1. The zero-order valence-electron chi connectivity index (χ0n) is 9.86. The fourth-order valence-electron chi connectivity index (χ4n) is 1.20. The van der Waals surface area contributed by atoms with Gasteiger partial charge in [0.25, 0.3) is 0 Å². The smallest absolute Gasteiger partial charge is 0.119 e. The quantitative estimate of drug-likeness (QED) is 0.566. The Morgan fingerprint density at radius 2 is 1.88 bits per heavy atom. The fraction of sp³-hybridized carbons (Fsp3) is 0.500. The number of aryl methyl sites for hydroxylation is 1. The van der Waals surface area contributed by atoms with Gasteiger partial charge < -0.3 is 19.9 Å². The summed E-state index contributed by atoms with van der Waals surface area (Å²) >= 11 is 0. The highest BCUT2D eigenvalue weighted by atomic mass is 16.5. The molecule has 0 saturated heterocycles. The second kappa shape index (κ2) is 7.09. The van der Waals surface area contributed by atoms with Gasteiger partial charge in [-0.1, -0.05) is 0 Å². The number of nitrogens with two attached hydrogens (primary N) is 1. The minimum absolute atomic E-state index is 0.535. The minimum Gasteiger partial charge on any atom is -0.491 e. The number of nitrogen functional groups attached to an aromatic ring is 1. The Kier molecular flexibility index (Phi) is 5.67. The highest BCUT2D eigenvalue weighted by molar-refractivity contribution is 5.49. The molecule has 0 bridgehead atoms. The van der Waals surface area contributed by atoms with Gasteiger partial charge >= 0.3 is 0 Å². The molecule has 0 amide bonds. The number of hydrogen-bond donors (Lipinski definition) is 1. The average Bonchev–Trinajstić information content (AvgIpc) is 2.28. The third-order valence-corrected chi connectivity index (χ3v) is 2.17. The Labute approximate surface area is 96.3 Å². The molecule has 0 aliphatic rings. The predicted molar refractivity (Wildman–Crippen MR) is 63.8 cm³/mol. The van der Waals surface area contributed by atoms with E-state index < -0.39 is 0 Å². The van der Waals surface area contributed by atoms with Crippen LogP contribution in [-0.4, -0.2) is 33.5 Å². The molecule has 90 valence electrons. The lowest BCUT2D eigenvalue weighted by Crippen LogP contribution is -2.10. The molecule has 0 spiro atoms. The second-order valence-electron chi connectivity index (χ2n) is 3.47. The Balaban J connectivity index is 2.19. The molecule has 1 aromatic carbocycles. The third-order valence-electron chi connectivity index (χ3n) is 2.17. The number of ether oxygens (including phenoxy) is 3. The first-order chi connectivity index (χ1) is 7.74. The number of hydrogen-bond acceptors (Lipinski definition) is 4. The van der Waals surface area contributed by atoms with E-state index in [1.807, 2.05) is 25.1 Å². The summed E-state index contributed by atoms with van der Waals surface area (Å²) in [7, 11) is 1.65. The molecule has 0 fully saturated rings. The van der Waals surface area contributed by atoms with Crippen molar-refractivity contribution in [3.63, 3.8) is 0 Å². The summed E-state index contributed by atoms with van der Waals surface area (Å²) in [4.78, 5) is 0. The standard InChI is InChI=1S/C12H19NO3/c1-10-9-11(3-4-12(10)13)16-8-7-15-6-5-14-2/h3-4,9H,5-8,13H2,1-2H3. The summed E-state index contributed by atoms with van der Waals surface area (Å²) < 4.78 is 15.6. The van der Waals surface area contributed by atoms with Crippen molar-refractivity contribution in [1.82, 2.24) is 0 Å². The summed E-state index contributed by atoms with van der Waals surface area (Å²) in [6, 6.07) is 5.62. The van der Waals surface area contributed by atoms with Gasteiger partial charge in [0, 0.05) is 12.8 Å². The van der Waals surface area contributed by atoms with E-state index in [0.29, 0.717) is 26.4 Å². The molecule has 0 aliphatic heterocycles. The van der Waals surface area contributed by atoms with E-state index in [9.17, 15) is 0 Å². The molecule has 0 saturated carbocycles. The molecule has 0 aromatic heterocycles. The van der Waals surface area contributed by atoms with E-state index in [1.54, 1.807) is 7.11 Å². The van der Waals surface area contributed by atoms with Crippen LogP contribution in [0.25, 0.3) is 0 Å². The molecule has 16 heavy (non-hydrogen) atoms. The number of rotatable bonds is 7. The summed E-state index contributed by atoms with van der Waals surface area (Å²) in [5.41, 5.74) is 7.51. The van der Waals surface area contributed by atoms with Crippen LogP contribution in [0.2, 0.25) is 0 Å². The Hall–Kier alpha value is -1.26. The van der Waals surface area contributed by atoms with Crippen molar-refractivity contribution in [2.24, 2.45) is 0 Å². The van der Waals surface area contributed by atoms with Crippen molar-refractivity contribution in [3.8, 4) is 5.75 Å². The summed E-state index contributed by atoms with van der Waals surface area (Å²) in [5.74, 6) is 0.821. The first kappa shape index (κ1) is 12.8. The van der Waals surface area contributed by atoms with Crippen LogP contribution in [0.3, 0.4) is 0 Å². The normalized spacial score (nSPS) is 10.4. The molecule has 0 radical (unpaired) electrons. The Morgan fingerprint density at radius 3 is 2.56 bits per heavy atom. The van der Waals surface area contributed by atoms with E-state index in [0.717, 1.165) is 17.0 Å². The van der Waals surface area contributed by atoms with E-state index in [2.05, 4.69) is 0 Å². The van der Waals surface area contributed by atoms with Crippen LogP contribution in [-0.2, 0) is 9.47 Å². The predicted octanol–water partition coefficient (Wildman–Crippen LogP) is 1.62. The van der Waals surface area contributed by atoms with Crippen molar-refractivity contribution in [3.05, 3.63) is 23.8 Å². The lowest BCUT2D eigenvalue weighted by Gasteiger charge is -2.08. The molecule has 1 aromatic rings. The molecule has 4 nitrogen and oxygen atoms in total. The van der Waals surface area contributed by atoms with E-state index >= 15 is 0 Å². The van der Waals surface area contributed by atoms with Crippen LogP contribution in [0.1, 0.15) is 5.56 Å². The van der Waals surface area contributed by atoms with Gasteiger partial charge in [-0.25, -0.2) is 0 Å². The van der Waals surface area contributed by atoms with Crippen molar-refractivity contribution < 1.29 is 14.2 Å². The largest absolute Gasteiger partial charge is 0.491 e. The maximum absolute atomic E-state index is 5.70. The van der Waals surface area contributed by atoms with Crippen molar-refractivity contribution in [2.75, 3.05) is 39.3 Å². The van der Waals surface area contributed by atoms with Gasteiger partial charge in [0.2, 0.25) is 0 Å². The lowest BCUT2D eigenvalue weighted by atomic mass is 10.2. The van der Waals surface area contributed by atoms with Crippen LogP contribution < -0.4 is 10.5 Å². The van der Waals surface area contributed by atoms with Gasteiger partial charge in [0.05, 0.1) is 19.8 Å². The summed E-state index contributed by atoms with van der Waals surface area (Å²) in [5, 5.41) is 0. The molecular formula is C12H19NO3. The van der Waals surface area contributed by atoms with Crippen LogP contribution in [0.15, 0.2) is 18.2 Å². The first-order valence-corrected chi connectivity index (χ1v) is 5.29. The van der Waals surface area contributed by atoms with E-state index in [-0.39, 0.29) is 0 Å². The Bertz CT molecular complexity index is 315. The molecule has 0 atom stereocenters. The van der Waals surface area contributed by atoms with Gasteiger partial charge in [0.1, 0.15) is 12.4 Å². The second-order valence-corrected chi connectivity index (χ2v) is 3.47.